The number of benzene rings is 2. The molecule has 2 rings (SSSR count). The van der Waals surface area contributed by atoms with Gasteiger partial charge in [0.2, 0.25) is 0 Å². The Bertz CT molecular complexity index is 873. The van der Waals surface area contributed by atoms with Crippen LogP contribution in [0.1, 0.15) is 57.1 Å². The van der Waals surface area contributed by atoms with Gasteiger partial charge in [0.15, 0.2) is 0 Å². The summed E-state index contributed by atoms with van der Waals surface area (Å²) in [5.74, 6) is 0.282. The number of aliphatic hydroxyl groups is 1. The first-order valence-corrected chi connectivity index (χ1v) is 11.0. The van der Waals surface area contributed by atoms with E-state index in [0.29, 0.717) is 37.1 Å². The molecule has 2 aromatic carbocycles. The predicted molar refractivity (Wildman–Crippen MR) is 121 cm³/mol. The maximum Gasteiger partial charge on any atom is 0.411 e. The van der Waals surface area contributed by atoms with Crippen molar-refractivity contribution >= 4 is 17.2 Å². The van der Waals surface area contributed by atoms with E-state index in [9.17, 15) is 18.3 Å². The molecule has 6 heteroatoms. The second-order valence-electron chi connectivity index (χ2n) is 7.66. The highest BCUT2D eigenvalue weighted by atomic mass is 35.5. The van der Waals surface area contributed by atoms with Gasteiger partial charge in [-0.15, -0.1) is 0 Å². The fourth-order valence-electron chi connectivity index (χ4n) is 3.58. The summed E-state index contributed by atoms with van der Waals surface area (Å²) in [6.45, 7) is 4.56. The Morgan fingerprint density at radius 3 is 2.29 bits per heavy atom. The summed E-state index contributed by atoms with van der Waals surface area (Å²) < 4.78 is 42.1. The van der Waals surface area contributed by atoms with E-state index in [1.165, 1.54) is 0 Å². The standard InChI is InChI=1S/C25H30ClF3O2/c1-4-21(31-16-25(27,28)29)7-6-8-24(30)22(5-2)23-15-19(10-9-17(23)3)18-11-13-20(26)14-12-18/h9-15,21,30H,4-8,16H2,1-3H3. The summed E-state index contributed by atoms with van der Waals surface area (Å²) in [5, 5.41) is 11.4. The molecule has 0 aliphatic rings. The number of hydrogen-bond donors (Lipinski definition) is 1. The minimum atomic E-state index is -4.32. The second-order valence-corrected chi connectivity index (χ2v) is 8.10. The van der Waals surface area contributed by atoms with Crippen molar-refractivity contribution in [3.63, 3.8) is 0 Å². The van der Waals surface area contributed by atoms with E-state index in [1.54, 1.807) is 6.92 Å². The number of halogens is 4. The third-order valence-corrected chi connectivity index (χ3v) is 5.57. The van der Waals surface area contributed by atoms with Crippen LogP contribution in [0.5, 0.6) is 0 Å². The molecular formula is C25H30ClF3O2. The highest BCUT2D eigenvalue weighted by molar-refractivity contribution is 6.30. The number of ether oxygens (including phenoxy) is 1. The summed E-state index contributed by atoms with van der Waals surface area (Å²) in [6.07, 6.45) is -2.20. The van der Waals surface area contributed by atoms with Gasteiger partial charge in [-0.25, -0.2) is 0 Å². The zero-order valence-electron chi connectivity index (χ0n) is 18.2. The van der Waals surface area contributed by atoms with Crippen molar-refractivity contribution in [3.05, 3.63) is 64.4 Å². The van der Waals surface area contributed by atoms with Gasteiger partial charge in [0, 0.05) is 11.4 Å². The van der Waals surface area contributed by atoms with Crippen LogP contribution in [-0.2, 0) is 4.74 Å². The van der Waals surface area contributed by atoms with Crippen molar-refractivity contribution in [2.24, 2.45) is 0 Å². The molecule has 0 heterocycles. The minimum absolute atomic E-state index is 0.282. The first kappa shape index (κ1) is 25.3. The molecule has 31 heavy (non-hydrogen) atoms. The molecule has 1 unspecified atom stereocenters. The molecule has 0 radical (unpaired) electrons. The Kier molecular flexibility index (Phi) is 9.45. The SMILES string of the molecule is CCC(=C(O)CCCC(CC)OCC(F)(F)F)c1cc(-c2ccc(Cl)cc2)ccc1C. The first-order valence-electron chi connectivity index (χ1n) is 10.6. The highest BCUT2D eigenvalue weighted by Crippen LogP contribution is 2.31. The number of aryl methyl sites for hydroxylation is 1. The average Bonchev–Trinajstić information content (AvgIpc) is 2.72. The van der Waals surface area contributed by atoms with Crippen molar-refractivity contribution in [3.8, 4) is 11.1 Å². The Hall–Kier alpha value is -1.98. The van der Waals surface area contributed by atoms with E-state index in [-0.39, 0.29) is 5.76 Å². The number of allylic oxidation sites excluding steroid dienone is 2. The Labute approximate surface area is 187 Å². The lowest BCUT2D eigenvalue weighted by Crippen LogP contribution is -2.23. The number of hydrogen-bond acceptors (Lipinski definition) is 2. The van der Waals surface area contributed by atoms with Crippen LogP contribution in [0.15, 0.2) is 48.2 Å². The van der Waals surface area contributed by atoms with Gasteiger partial charge in [0.1, 0.15) is 6.61 Å². The van der Waals surface area contributed by atoms with Gasteiger partial charge in [-0.2, -0.15) is 13.2 Å². The lowest BCUT2D eigenvalue weighted by molar-refractivity contribution is -0.186. The molecule has 0 amide bonds. The second kappa shape index (κ2) is 11.6. The fraction of sp³-hybridized carbons (Fsp3) is 0.440. The van der Waals surface area contributed by atoms with E-state index in [1.807, 2.05) is 50.2 Å². The smallest absolute Gasteiger partial charge is 0.411 e. The van der Waals surface area contributed by atoms with Crippen LogP contribution in [0.2, 0.25) is 5.02 Å². The Balaban J connectivity index is 2.13. The Morgan fingerprint density at radius 2 is 1.71 bits per heavy atom. The van der Waals surface area contributed by atoms with Crippen LogP contribution < -0.4 is 0 Å². The van der Waals surface area contributed by atoms with E-state index < -0.39 is 18.9 Å². The monoisotopic (exact) mass is 454 g/mol. The minimum Gasteiger partial charge on any atom is -0.512 e. The quantitative estimate of drug-likeness (QED) is 0.364. The lowest BCUT2D eigenvalue weighted by Gasteiger charge is -2.18. The van der Waals surface area contributed by atoms with Gasteiger partial charge in [-0.3, -0.25) is 0 Å². The molecule has 170 valence electrons. The molecule has 0 saturated carbocycles. The van der Waals surface area contributed by atoms with Crippen LogP contribution in [0.3, 0.4) is 0 Å². The van der Waals surface area contributed by atoms with Crippen LogP contribution >= 0.6 is 11.6 Å². The largest absolute Gasteiger partial charge is 0.512 e. The number of aliphatic hydroxyl groups excluding tert-OH is 1. The summed E-state index contributed by atoms with van der Waals surface area (Å²) in [7, 11) is 0. The molecule has 0 saturated heterocycles. The van der Waals surface area contributed by atoms with E-state index in [2.05, 4.69) is 6.07 Å². The lowest BCUT2D eigenvalue weighted by atomic mass is 9.92. The van der Waals surface area contributed by atoms with Gasteiger partial charge < -0.3 is 9.84 Å². The molecule has 0 aliphatic heterocycles. The maximum atomic E-state index is 12.4. The van der Waals surface area contributed by atoms with Gasteiger partial charge >= 0.3 is 6.18 Å². The Morgan fingerprint density at radius 1 is 1.06 bits per heavy atom. The van der Waals surface area contributed by atoms with Crippen molar-refractivity contribution in [2.75, 3.05) is 6.61 Å². The number of alkyl halides is 3. The topological polar surface area (TPSA) is 29.5 Å². The molecule has 0 bridgehead atoms. The molecule has 0 spiro atoms. The molecule has 1 atom stereocenters. The van der Waals surface area contributed by atoms with Crippen molar-refractivity contribution in [2.45, 2.75) is 65.2 Å². The van der Waals surface area contributed by atoms with Gasteiger partial charge in [0.25, 0.3) is 0 Å². The summed E-state index contributed by atoms with van der Waals surface area (Å²) in [4.78, 5) is 0. The van der Waals surface area contributed by atoms with Gasteiger partial charge in [-0.05, 0) is 78.6 Å². The molecule has 0 fully saturated rings. The zero-order valence-corrected chi connectivity index (χ0v) is 19.0. The summed E-state index contributed by atoms with van der Waals surface area (Å²) in [5.41, 5.74) is 4.96. The van der Waals surface area contributed by atoms with E-state index >= 15 is 0 Å². The molecular weight excluding hydrogens is 425 g/mol. The summed E-state index contributed by atoms with van der Waals surface area (Å²) in [6, 6.07) is 13.7. The number of rotatable bonds is 10. The van der Waals surface area contributed by atoms with E-state index in [0.717, 1.165) is 27.8 Å². The molecule has 2 nitrogen and oxygen atoms in total. The van der Waals surface area contributed by atoms with Crippen LogP contribution in [0, 0.1) is 6.92 Å². The van der Waals surface area contributed by atoms with Crippen LogP contribution in [0.4, 0.5) is 13.2 Å². The normalized spacial score (nSPS) is 13.8. The average molecular weight is 455 g/mol. The third kappa shape index (κ3) is 7.89. The predicted octanol–water partition coefficient (Wildman–Crippen LogP) is 8.52. The zero-order chi connectivity index (χ0) is 23.0. The maximum absolute atomic E-state index is 12.4. The first-order chi connectivity index (χ1) is 14.6. The van der Waals surface area contributed by atoms with Crippen molar-refractivity contribution < 1.29 is 23.0 Å². The fourth-order valence-corrected chi connectivity index (χ4v) is 3.71. The van der Waals surface area contributed by atoms with Crippen molar-refractivity contribution in [1.82, 2.24) is 0 Å². The van der Waals surface area contributed by atoms with Gasteiger partial charge in [0.05, 0.1) is 11.9 Å². The van der Waals surface area contributed by atoms with E-state index in [4.69, 9.17) is 16.3 Å². The molecule has 2 aromatic rings. The summed E-state index contributed by atoms with van der Waals surface area (Å²) >= 11 is 5.99. The van der Waals surface area contributed by atoms with Crippen LogP contribution in [-0.4, -0.2) is 24.0 Å². The molecule has 0 aliphatic carbocycles. The third-order valence-electron chi connectivity index (χ3n) is 5.32. The highest BCUT2D eigenvalue weighted by Gasteiger charge is 2.28. The van der Waals surface area contributed by atoms with Gasteiger partial charge in [-0.1, -0.05) is 49.7 Å². The van der Waals surface area contributed by atoms with Crippen molar-refractivity contribution in [1.29, 1.82) is 0 Å². The molecule has 0 aromatic heterocycles. The molecule has 1 N–H and O–H groups in total. The van der Waals surface area contributed by atoms with Crippen LogP contribution in [0.25, 0.3) is 16.7 Å².